The SMILES string of the molecule is O=C(Cc1csc(-c2ccccc2)n1)NCc1ccccc1OCc1ccccc1. The number of amides is 1. The van der Waals surface area contributed by atoms with Crippen molar-refractivity contribution in [1.82, 2.24) is 10.3 Å². The summed E-state index contributed by atoms with van der Waals surface area (Å²) in [7, 11) is 0. The van der Waals surface area contributed by atoms with Crippen molar-refractivity contribution < 1.29 is 9.53 Å². The minimum absolute atomic E-state index is 0.0576. The number of hydrogen-bond acceptors (Lipinski definition) is 4. The molecule has 1 heterocycles. The molecule has 4 nitrogen and oxygen atoms in total. The number of hydrogen-bond donors (Lipinski definition) is 1. The molecule has 3 aromatic carbocycles. The monoisotopic (exact) mass is 414 g/mol. The van der Waals surface area contributed by atoms with E-state index in [1.807, 2.05) is 90.3 Å². The highest BCUT2D eigenvalue weighted by atomic mass is 32.1. The van der Waals surface area contributed by atoms with Crippen LogP contribution in [0.4, 0.5) is 0 Å². The van der Waals surface area contributed by atoms with Crippen molar-refractivity contribution in [2.45, 2.75) is 19.6 Å². The Labute approximate surface area is 180 Å². The molecule has 0 aliphatic heterocycles. The zero-order valence-corrected chi connectivity index (χ0v) is 17.3. The minimum atomic E-state index is -0.0576. The maximum atomic E-state index is 12.4. The second-order valence-corrected chi connectivity index (χ2v) is 7.70. The Morgan fingerprint density at radius 3 is 2.40 bits per heavy atom. The number of benzene rings is 3. The molecule has 0 atom stereocenters. The van der Waals surface area contributed by atoms with Gasteiger partial charge < -0.3 is 10.1 Å². The van der Waals surface area contributed by atoms with Gasteiger partial charge in [-0.3, -0.25) is 4.79 Å². The van der Waals surface area contributed by atoms with Crippen LogP contribution in [0.5, 0.6) is 5.75 Å². The van der Waals surface area contributed by atoms with Crippen molar-refractivity contribution in [3.8, 4) is 16.3 Å². The highest BCUT2D eigenvalue weighted by Gasteiger charge is 2.10. The van der Waals surface area contributed by atoms with Gasteiger partial charge in [-0.05, 0) is 11.6 Å². The Bertz CT molecular complexity index is 1090. The summed E-state index contributed by atoms with van der Waals surface area (Å²) in [4.78, 5) is 17.0. The molecule has 1 N–H and O–H groups in total. The van der Waals surface area contributed by atoms with E-state index in [0.29, 0.717) is 13.2 Å². The Hall–Kier alpha value is -3.44. The molecule has 5 heteroatoms. The van der Waals surface area contributed by atoms with Crippen LogP contribution in [0, 0.1) is 0 Å². The third kappa shape index (κ3) is 5.33. The number of carbonyl (C=O) groups excluding carboxylic acids is 1. The molecule has 0 spiro atoms. The zero-order chi connectivity index (χ0) is 20.6. The molecule has 0 unspecified atom stereocenters. The standard InChI is InChI=1S/C25H22N2O2S/c28-24(15-22-18-30-25(27-22)20-11-5-2-6-12-20)26-16-21-13-7-8-14-23(21)29-17-19-9-3-1-4-10-19/h1-14,18H,15-17H2,(H,26,28). The number of nitrogens with zero attached hydrogens (tertiary/aromatic N) is 1. The number of thiazole rings is 1. The molecule has 0 saturated carbocycles. The Kier molecular flexibility index (Phi) is 6.52. The summed E-state index contributed by atoms with van der Waals surface area (Å²) in [6.07, 6.45) is 0.260. The summed E-state index contributed by atoms with van der Waals surface area (Å²) >= 11 is 1.55. The van der Waals surface area contributed by atoms with Crippen LogP contribution in [0.15, 0.2) is 90.3 Å². The van der Waals surface area contributed by atoms with Gasteiger partial charge in [0.15, 0.2) is 0 Å². The van der Waals surface area contributed by atoms with Crippen LogP contribution in [-0.2, 0) is 24.4 Å². The fourth-order valence-corrected chi connectivity index (χ4v) is 3.87. The molecular weight excluding hydrogens is 392 g/mol. The maximum absolute atomic E-state index is 12.4. The van der Waals surface area contributed by atoms with Gasteiger partial charge in [-0.15, -0.1) is 11.3 Å². The molecule has 0 fully saturated rings. The van der Waals surface area contributed by atoms with E-state index in [9.17, 15) is 4.79 Å². The number of ether oxygens (including phenoxy) is 1. The summed E-state index contributed by atoms with van der Waals surface area (Å²) in [6, 6.07) is 27.8. The average molecular weight is 415 g/mol. The molecule has 1 amide bonds. The van der Waals surface area contributed by atoms with Gasteiger partial charge in [0.25, 0.3) is 0 Å². The van der Waals surface area contributed by atoms with E-state index in [0.717, 1.165) is 33.1 Å². The first-order valence-corrected chi connectivity index (χ1v) is 10.7. The third-order valence-electron chi connectivity index (χ3n) is 4.60. The molecule has 0 aliphatic rings. The summed E-state index contributed by atoms with van der Waals surface area (Å²) in [5.74, 6) is 0.722. The zero-order valence-electron chi connectivity index (χ0n) is 16.5. The topological polar surface area (TPSA) is 51.2 Å². The number of rotatable bonds is 8. The van der Waals surface area contributed by atoms with Crippen molar-refractivity contribution in [3.05, 3.63) is 107 Å². The van der Waals surface area contributed by atoms with E-state index in [2.05, 4.69) is 10.3 Å². The van der Waals surface area contributed by atoms with Crippen molar-refractivity contribution >= 4 is 17.2 Å². The van der Waals surface area contributed by atoms with E-state index in [1.54, 1.807) is 11.3 Å². The minimum Gasteiger partial charge on any atom is -0.489 e. The lowest BCUT2D eigenvalue weighted by molar-refractivity contribution is -0.120. The number of aromatic nitrogens is 1. The highest BCUT2D eigenvalue weighted by Crippen LogP contribution is 2.23. The molecule has 0 aliphatic carbocycles. The van der Waals surface area contributed by atoms with E-state index < -0.39 is 0 Å². The summed E-state index contributed by atoms with van der Waals surface area (Å²) in [5, 5.41) is 5.85. The fraction of sp³-hybridized carbons (Fsp3) is 0.120. The molecule has 150 valence electrons. The van der Waals surface area contributed by atoms with Crippen LogP contribution in [0.25, 0.3) is 10.6 Å². The Morgan fingerprint density at radius 1 is 0.900 bits per heavy atom. The van der Waals surface area contributed by atoms with E-state index in [4.69, 9.17) is 4.74 Å². The summed E-state index contributed by atoms with van der Waals surface area (Å²) in [6.45, 7) is 0.909. The number of para-hydroxylation sites is 1. The second-order valence-electron chi connectivity index (χ2n) is 6.85. The molecule has 0 saturated heterocycles. The second kappa shape index (κ2) is 9.85. The highest BCUT2D eigenvalue weighted by molar-refractivity contribution is 7.13. The van der Waals surface area contributed by atoms with Crippen LogP contribution in [0.3, 0.4) is 0 Å². The molecule has 4 aromatic rings. The van der Waals surface area contributed by atoms with Crippen molar-refractivity contribution in [3.63, 3.8) is 0 Å². The lowest BCUT2D eigenvalue weighted by Gasteiger charge is -2.12. The molecule has 1 aromatic heterocycles. The van der Waals surface area contributed by atoms with Gasteiger partial charge in [0.05, 0.1) is 12.1 Å². The fourth-order valence-electron chi connectivity index (χ4n) is 3.05. The van der Waals surface area contributed by atoms with Gasteiger partial charge in [0.2, 0.25) is 5.91 Å². The Morgan fingerprint density at radius 2 is 1.60 bits per heavy atom. The van der Waals surface area contributed by atoms with E-state index in [1.165, 1.54) is 0 Å². The molecular formula is C25H22N2O2S. The first-order chi connectivity index (χ1) is 14.8. The van der Waals surface area contributed by atoms with Crippen LogP contribution in [0.1, 0.15) is 16.8 Å². The van der Waals surface area contributed by atoms with Gasteiger partial charge in [-0.25, -0.2) is 4.98 Å². The van der Waals surface area contributed by atoms with Crippen molar-refractivity contribution in [2.75, 3.05) is 0 Å². The number of carbonyl (C=O) groups is 1. The third-order valence-corrected chi connectivity index (χ3v) is 5.54. The van der Waals surface area contributed by atoms with Crippen molar-refractivity contribution in [1.29, 1.82) is 0 Å². The number of nitrogens with one attached hydrogen (secondary N) is 1. The first-order valence-electron chi connectivity index (χ1n) is 9.79. The lowest BCUT2D eigenvalue weighted by Crippen LogP contribution is -2.25. The summed E-state index contributed by atoms with van der Waals surface area (Å²) < 4.78 is 5.96. The van der Waals surface area contributed by atoms with Gasteiger partial charge in [0, 0.05) is 23.1 Å². The predicted molar refractivity (Wildman–Crippen MR) is 120 cm³/mol. The molecule has 4 rings (SSSR count). The average Bonchev–Trinajstić information content (AvgIpc) is 3.26. The van der Waals surface area contributed by atoms with E-state index in [-0.39, 0.29) is 12.3 Å². The van der Waals surface area contributed by atoms with Crippen LogP contribution >= 0.6 is 11.3 Å². The van der Waals surface area contributed by atoms with Crippen LogP contribution in [0.2, 0.25) is 0 Å². The van der Waals surface area contributed by atoms with Gasteiger partial charge >= 0.3 is 0 Å². The first kappa shape index (κ1) is 19.9. The smallest absolute Gasteiger partial charge is 0.226 e. The summed E-state index contributed by atoms with van der Waals surface area (Å²) in [5.41, 5.74) is 3.91. The molecule has 30 heavy (non-hydrogen) atoms. The van der Waals surface area contributed by atoms with Gasteiger partial charge in [-0.2, -0.15) is 0 Å². The van der Waals surface area contributed by atoms with E-state index >= 15 is 0 Å². The van der Waals surface area contributed by atoms with Crippen LogP contribution < -0.4 is 10.1 Å². The predicted octanol–water partition coefficient (Wildman–Crippen LogP) is 5.25. The van der Waals surface area contributed by atoms with Gasteiger partial charge in [0.1, 0.15) is 17.4 Å². The normalized spacial score (nSPS) is 10.5. The Balaban J connectivity index is 1.32. The quantitative estimate of drug-likeness (QED) is 0.429. The van der Waals surface area contributed by atoms with Gasteiger partial charge in [-0.1, -0.05) is 78.9 Å². The maximum Gasteiger partial charge on any atom is 0.226 e. The van der Waals surface area contributed by atoms with Crippen LogP contribution in [-0.4, -0.2) is 10.9 Å². The lowest BCUT2D eigenvalue weighted by atomic mass is 10.2. The largest absolute Gasteiger partial charge is 0.489 e. The molecule has 0 radical (unpaired) electrons. The molecule has 0 bridgehead atoms. The van der Waals surface area contributed by atoms with Crippen molar-refractivity contribution in [2.24, 2.45) is 0 Å².